The molecule has 0 N–H and O–H groups in total. The van der Waals surface area contributed by atoms with Crippen LogP contribution >= 0.6 is 0 Å². The Bertz CT molecular complexity index is 383. The summed E-state index contributed by atoms with van der Waals surface area (Å²) in [5.74, 6) is 1.93. The number of aryl methyl sites for hydroxylation is 1. The van der Waals surface area contributed by atoms with E-state index in [-0.39, 0.29) is 11.7 Å². The van der Waals surface area contributed by atoms with Gasteiger partial charge in [0.15, 0.2) is 5.78 Å². The van der Waals surface area contributed by atoms with E-state index < -0.39 is 0 Å². The fourth-order valence-electron chi connectivity index (χ4n) is 2.57. The molecule has 0 amide bonds. The van der Waals surface area contributed by atoms with Crippen LogP contribution in [0.15, 0.2) is 12.4 Å². The van der Waals surface area contributed by atoms with E-state index in [4.69, 9.17) is 0 Å². The molecule has 88 valence electrons. The number of hydrogen-bond donors (Lipinski definition) is 0. The molecule has 1 aromatic heterocycles. The van der Waals surface area contributed by atoms with Gasteiger partial charge < -0.3 is 0 Å². The minimum absolute atomic E-state index is 0.218. The van der Waals surface area contributed by atoms with Crippen LogP contribution in [0.3, 0.4) is 0 Å². The summed E-state index contributed by atoms with van der Waals surface area (Å²) in [7, 11) is 1.85. The van der Waals surface area contributed by atoms with Gasteiger partial charge in [-0.25, -0.2) is 0 Å². The molecule has 3 atom stereocenters. The molecule has 0 aliphatic heterocycles. The molecule has 1 heterocycles. The van der Waals surface area contributed by atoms with Crippen molar-refractivity contribution in [3.8, 4) is 0 Å². The predicted molar refractivity (Wildman–Crippen MR) is 63.2 cm³/mol. The predicted octanol–water partition coefficient (Wildman–Crippen LogP) is 2.68. The number of hydrogen-bond acceptors (Lipinski definition) is 2. The van der Waals surface area contributed by atoms with Crippen molar-refractivity contribution in [3.05, 3.63) is 18.0 Å². The Hall–Kier alpha value is -1.12. The molecule has 0 spiro atoms. The Balaban J connectivity index is 2.06. The third-order valence-corrected chi connectivity index (χ3v) is 3.96. The molecule has 3 unspecified atom stereocenters. The van der Waals surface area contributed by atoms with Gasteiger partial charge >= 0.3 is 0 Å². The second kappa shape index (κ2) is 4.40. The Morgan fingerprint density at radius 3 is 2.69 bits per heavy atom. The first-order valence-corrected chi connectivity index (χ1v) is 6.10. The van der Waals surface area contributed by atoms with Gasteiger partial charge in [0, 0.05) is 19.2 Å². The summed E-state index contributed by atoms with van der Waals surface area (Å²) in [5.41, 5.74) is 0.772. The van der Waals surface area contributed by atoms with Crippen molar-refractivity contribution in [1.82, 2.24) is 9.78 Å². The second-order valence-electron chi connectivity index (χ2n) is 5.23. The lowest BCUT2D eigenvalue weighted by molar-refractivity contribution is 0.0837. The van der Waals surface area contributed by atoms with Crippen molar-refractivity contribution in [1.29, 1.82) is 0 Å². The zero-order valence-electron chi connectivity index (χ0n) is 10.3. The van der Waals surface area contributed by atoms with Gasteiger partial charge in [0.2, 0.25) is 0 Å². The second-order valence-corrected chi connectivity index (χ2v) is 5.23. The van der Waals surface area contributed by atoms with E-state index in [0.29, 0.717) is 5.92 Å². The van der Waals surface area contributed by atoms with Crippen LogP contribution in [0.5, 0.6) is 0 Å². The van der Waals surface area contributed by atoms with Crippen molar-refractivity contribution in [3.63, 3.8) is 0 Å². The molecule has 1 aromatic rings. The molecule has 2 rings (SSSR count). The van der Waals surface area contributed by atoms with Crippen LogP contribution in [0.4, 0.5) is 0 Å². The average molecular weight is 220 g/mol. The molecule has 16 heavy (non-hydrogen) atoms. The van der Waals surface area contributed by atoms with E-state index >= 15 is 0 Å². The Morgan fingerprint density at radius 1 is 1.38 bits per heavy atom. The molecular formula is C13H20N2O. The first-order chi connectivity index (χ1) is 7.58. The third-order valence-electron chi connectivity index (χ3n) is 3.96. The fourth-order valence-corrected chi connectivity index (χ4v) is 2.57. The molecule has 0 radical (unpaired) electrons. The van der Waals surface area contributed by atoms with Crippen LogP contribution in [0.25, 0.3) is 0 Å². The SMILES string of the molecule is CC1CCC(C(=O)c2cnn(C)c2)CC1C. The smallest absolute Gasteiger partial charge is 0.169 e. The molecular weight excluding hydrogens is 200 g/mol. The van der Waals surface area contributed by atoms with Gasteiger partial charge in [0.25, 0.3) is 0 Å². The van der Waals surface area contributed by atoms with E-state index in [1.807, 2.05) is 13.2 Å². The summed E-state index contributed by atoms with van der Waals surface area (Å²) < 4.78 is 1.70. The number of ketones is 1. The minimum atomic E-state index is 0.218. The summed E-state index contributed by atoms with van der Waals surface area (Å²) in [5, 5.41) is 4.06. The van der Waals surface area contributed by atoms with Crippen LogP contribution in [0.2, 0.25) is 0 Å². The summed E-state index contributed by atoms with van der Waals surface area (Å²) in [6.07, 6.45) is 6.77. The van der Waals surface area contributed by atoms with Crippen molar-refractivity contribution in [2.45, 2.75) is 33.1 Å². The zero-order chi connectivity index (χ0) is 11.7. The fraction of sp³-hybridized carbons (Fsp3) is 0.692. The molecule has 0 bridgehead atoms. The highest BCUT2D eigenvalue weighted by atomic mass is 16.1. The monoisotopic (exact) mass is 220 g/mol. The highest BCUT2D eigenvalue weighted by molar-refractivity contribution is 5.97. The van der Waals surface area contributed by atoms with E-state index in [2.05, 4.69) is 18.9 Å². The highest BCUT2D eigenvalue weighted by Gasteiger charge is 2.30. The van der Waals surface area contributed by atoms with Gasteiger partial charge in [-0.1, -0.05) is 13.8 Å². The number of nitrogens with zero attached hydrogens (tertiary/aromatic N) is 2. The van der Waals surface area contributed by atoms with Gasteiger partial charge in [-0.2, -0.15) is 5.10 Å². The molecule has 3 heteroatoms. The van der Waals surface area contributed by atoms with Gasteiger partial charge in [-0.3, -0.25) is 9.48 Å². The maximum absolute atomic E-state index is 12.2. The molecule has 0 aromatic carbocycles. The lowest BCUT2D eigenvalue weighted by Crippen LogP contribution is -2.26. The van der Waals surface area contributed by atoms with Gasteiger partial charge in [0.05, 0.1) is 11.8 Å². The average Bonchev–Trinajstić information content (AvgIpc) is 2.68. The van der Waals surface area contributed by atoms with Crippen LogP contribution in [0, 0.1) is 17.8 Å². The maximum Gasteiger partial charge on any atom is 0.169 e. The molecule has 1 saturated carbocycles. The number of carbonyl (C=O) groups excluding carboxylic acids is 1. The lowest BCUT2D eigenvalue weighted by atomic mass is 9.74. The maximum atomic E-state index is 12.2. The van der Waals surface area contributed by atoms with Crippen molar-refractivity contribution in [2.24, 2.45) is 24.8 Å². The normalized spacial score (nSPS) is 30.3. The Kier molecular flexibility index (Phi) is 3.13. The number of rotatable bonds is 2. The summed E-state index contributed by atoms with van der Waals surface area (Å²) >= 11 is 0. The lowest BCUT2D eigenvalue weighted by Gasteiger charge is -2.30. The molecule has 3 nitrogen and oxygen atoms in total. The molecule has 1 aliphatic carbocycles. The van der Waals surface area contributed by atoms with Crippen LogP contribution in [-0.4, -0.2) is 15.6 Å². The molecule has 1 fully saturated rings. The minimum Gasteiger partial charge on any atom is -0.294 e. The van der Waals surface area contributed by atoms with Crippen LogP contribution in [-0.2, 0) is 7.05 Å². The third kappa shape index (κ3) is 2.18. The first-order valence-electron chi connectivity index (χ1n) is 6.10. The van der Waals surface area contributed by atoms with Gasteiger partial charge in [0.1, 0.15) is 0 Å². The summed E-state index contributed by atoms with van der Waals surface area (Å²) in [4.78, 5) is 12.2. The van der Waals surface area contributed by atoms with Gasteiger partial charge in [-0.05, 0) is 31.1 Å². The summed E-state index contributed by atoms with van der Waals surface area (Å²) in [6.45, 7) is 4.54. The Labute approximate surface area is 96.8 Å². The largest absolute Gasteiger partial charge is 0.294 e. The van der Waals surface area contributed by atoms with Crippen molar-refractivity contribution in [2.75, 3.05) is 0 Å². The first kappa shape index (κ1) is 11.4. The number of carbonyl (C=O) groups is 1. The quantitative estimate of drug-likeness (QED) is 0.718. The zero-order valence-corrected chi connectivity index (χ0v) is 10.3. The Morgan fingerprint density at radius 2 is 2.12 bits per heavy atom. The standard InChI is InChI=1S/C13H20N2O/c1-9-4-5-11(6-10(9)2)13(16)12-7-14-15(3)8-12/h7-11H,4-6H2,1-3H3. The molecule has 0 saturated heterocycles. The topological polar surface area (TPSA) is 34.9 Å². The molecule has 1 aliphatic rings. The van der Waals surface area contributed by atoms with E-state index in [0.717, 1.165) is 24.3 Å². The summed E-state index contributed by atoms with van der Waals surface area (Å²) in [6, 6.07) is 0. The highest BCUT2D eigenvalue weighted by Crippen LogP contribution is 2.34. The van der Waals surface area contributed by atoms with Crippen molar-refractivity contribution < 1.29 is 4.79 Å². The van der Waals surface area contributed by atoms with E-state index in [1.165, 1.54) is 6.42 Å². The van der Waals surface area contributed by atoms with E-state index in [1.54, 1.807) is 10.9 Å². The van der Waals surface area contributed by atoms with E-state index in [9.17, 15) is 4.79 Å². The van der Waals surface area contributed by atoms with Crippen molar-refractivity contribution >= 4 is 5.78 Å². The number of Topliss-reactive ketones (excluding diaryl/α,β-unsaturated/α-hetero) is 1. The van der Waals surface area contributed by atoms with Crippen LogP contribution in [0.1, 0.15) is 43.5 Å². The number of aromatic nitrogens is 2. The van der Waals surface area contributed by atoms with Crippen LogP contribution < -0.4 is 0 Å². The van der Waals surface area contributed by atoms with Gasteiger partial charge in [-0.15, -0.1) is 0 Å².